The highest BCUT2D eigenvalue weighted by molar-refractivity contribution is 5.74. The quantitative estimate of drug-likeness (QED) is 0.0427. The van der Waals surface area contributed by atoms with Crippen molar-refractivity contribution in [2.24, 2.45) is 0 Å². The number of aliphatic hydroxyl groups is 22. The van der Waals surface area contributed by atoms with Crippen molar-refractivity contribution in [3.63, 3.8) is 0 Å². The maximum absolute atomic E-state index is 13.0. The molecule has 0 aliphatic carbocycles. The van der Waals surface area contributed by atoms with Crippen LogP contribution in [0.2, 0.25) is 0 Å². The second-order valence-electron chi connectivity index (χ2n) is 24.6. The van der Waals surface area contributed by atoms with Crippen LogP contribution in [0.1, 0.15) is 27.7 Å². The monoisotopic (exact) mass is 1420 g/mol. The van der Waals surface area contributed by atoms with E-state index in [2.05, 4.69) is 16.0 Å². The normalized spacial score (nSPS) is 49.9. The summed E-state index contributed by atoms with van der Waals surface area (Å²) in [5, 5.41) is 247. The van der Waals surface area contributed by atoms with Crippen LogP contribution in [0.5, 0.6) is 0 Å². The van der Waals surface area contributed by atoms with Gasteiger partial charge in [-0.25, -0.2) is 0 Å². The smallest absolute Gasteiger partial charge is 0.217 e. The number of aliphatic hydroxyl groups excluding tert-OH is 22. The summed E-state index contributed by atoms with van der Waals surface area (Å²) in [5.41, 5.74) is 0. The van der Waals surface area contributed by atoms with Crippen LogP contribution in [-0.4, -0.2) is 422 Å². The summed E-state index contributed by atoms with van der Waals surface area (Å²) in [5.74, 6) is -2.60. The molecule has 8 heterocycles. The lowest BCUT2D eigenvalue weighted by atomic mass is 9.93. The SMILES string of the molecule is CC(=O)N[C@@H]1[C@@H](O)[C@H](O[C@@H]2O[C@H](CO)[C@@H](O[C@@H]3O[C@H](CO[C@H]4O[C@H](CO)[C@@H](O)[C@H](O)[C@@H]4O[C@@H]4O[C@H](CO)[C@@H](O[C@@H]5O[C@H](CO)[C@H](O)[C@H](O)[C@H]5O)[C@H](O)[C@H]4NC(C)=O)[C@@H](O)[C@H](O[C@H]4O[C@H](CO)[C@@H](O)[C@H](O)[C@@H]4O)[C@@H]3O)[C@H](O)[C@H]2NC(C)=O)[C@@H](CO[C@H]2O[C@@H](C)[C@@H](O)[C@@H](O)[C@@H]2O)O[C@H]1O. The van der Waals surface area contributed by atoms with E-state index in [9.17, 15) is 127 Å². The maximum atomic E-state index is 13.0. The maximum Gasteiger partial charge on any atom is 0.217 e. The third-order valence-corrected chi connectivity index (χ3v) is 17.8. The zero-order chi connectivity index (χ0) is 71.5. The Balaban J connectivity index is 1.07. The Kier molecular flexibility index (Phi) is 28.3. The fourth-order valence-corrected chi connectivity index (χ4v) is 12.4. The summed E-state index contributed by atoms with van der Waals surface area (Å²) >= 11 is 0. The summed E-state index contributed by atoms with van der Waals surface area (Å²) in [6.07, 6.45) is -72.4. The minimum absolute atomic E-state index is 0.790. The lowest BCUT2D eigenvalue weighted by Gasteiger charge is -2.50. The van der Waals surface area contributed by atoms with Gasteiger partial charge in [-0.15, -0.1) is 0 Å². The molecular weight excluding hydrogens is 1330 g/mol. The molecule has 0 aromatic heterocycles. The standard InChI is InChI=1S/C54H91N3O40/c1-12-26(66)34(74)38(78)50(85-12)83-11-22-44(31(71)23(47(82)86-22)55-13(2)63)93-48-24(56-14(3)64)32(72)43(20(9-62)90-48)95-53-41(81)45(96-52-40(80)36(76)28(68)17(6-59)88-52)30(70)21(92-53)10-84-54-46(37(77)29(69)18(7-60)89-54)97-49-25(57-15(4)65)33(73)42(19(8-61)91-49)94-51-39(79)35(75)27(67)16(5-58)87-51/h12,16-54,58-62,66-82H,5-11H2,1-4H3,(H,55,63)(H,56,64)(H,57,65)/t12-,16+,17+,18+,19+,20+,21+,22+,23+,24+,25+,26+,27-,28+,29+,30+,31+,32+,33+,34+,35-,36-,37-,38-,39+,40-,41-,42+,43+,44+,45-,46-,47+,48-,49-,50-,51-,52+,53-,54-/m0/s1. The molecule has 8 fully saturated rings. The number of carbonyl (C=O) groups is 3. The van der Waals surface area contributed by atoms with Crippen LogP contribution in [0, 0.1) is 0 Å². The number of nitrogens with one attached hydrogen (secondary N) is 3. The van der Waals surface area contributed by atoms with E-state index >= 15 is 0 Å². The topological polar surface area (TPSA) is 671 Å². The van der Waals surface area contributed by atoms with Crippen molar-refractivity contribution in [3.8, 4) is 0 Å². The zero-order valence-electron chi connectivity index (χ0n) is 52.2. The van der Waals surface area contributed by atoms with Gasteiger partial charge in [0.1, 0.15) is 189 Å². The van der Waals surface area contributed by atoms with Crippen LogP contribution in [-0.2, 0) is 85.4 Å². The van der Waals surface area contributed by atoms with E-state index in [4.69, 9.17) is 71.1 Å². The molecule has 43 heteroatoms. The zero-order valence-corrected chi connectivity index (χ0v) is 52.2. The first-order valence-corrected chi connectivity index (χ1v) is 31.0. The predicted molar refractivity (Wildman–Crippen MR) is 298 cm³/mol. The predicted octanol–water partition coefficient (Wildman–Crippen LogP) is -17.0. The van der Waals surface area contributed by atoms with Gasteiger partial charge in [0, 0.05) is 20.8 Å². The summed E-state index contributed by atoms with van der Waals surface area (Å²) in [4.78, 5) is 38.0. The van der Waals surface area contributed by atoms with Gasteiger partial charge in [0.2, 0.25) is 17.7 Å². The first-order valence-electron chi connectivity index (χ1n) is 31.0. The molecule has 562 valence electrons. The Labute approximate surface area is 549 Å². The molecule has 3 amide bonds. The van der Waals surface area contributed by atoms with Gasteiger partial charge < -0.3 is 199 Å². The fourth-order valence-electron chi connectivity index (χ4n) is 12.4. The van der Waals surface area contributed by atoms with E-state index in [-0.39, 0.29) is 0 Å². The first-order chi connectivity index (χ1) is 45.8. The van der Waals surface area contributed by atoms with Gasteiger partial charge in [0.05, 0.1) is 52.4 Å². The van der Waals surface area contributed by atoms with Gasteiger partial charge in [-0.3, -0.25) is 14.4 Å². The molecule has 0 aromatic carbocycles. The minimum atomic E-state index is -2.39. The average Bonchev–Trinajstić information content (AvgIpc) is 0.777. The number of carbonyl (C=O) groups excluding carboxylic acids is 3. The molecule has 0 aromatic rings. The fraction of sp³-hybridized carbons (Fsp3) is 0.944. The third kappa shape index (κ3) is 17.6. The Morgan fingerprint density at radius 2 is 0.619 bits per heavy atom. The van der Waals surface area contributed by atoms with E-state index < -0.39 is 309 Å². The number of ether oxygens (including phenoxy) is 15. The Bertz CT molecular complexity index is 2490. The molecule has 8 aliphatic heterocycles. The summed E-state index contributed by atoms with van der Waals surface area (Å²) in [6, 6.07) is -5.42. The Morgan fingerprint density at radius 3 is 1.08 bits per heavy atom. The van der Waals surface area contributed by atoms with Crippen LogP contribution in [0.3, 0.4) is 0 Å². The minimum Gasteiger partial charge on any atom is -0.394 e. The van der Waals surface area contributed by atoms with Crippen molar-refractivity contribution in [3.05, 3.63) is 0 Å². The highest BCUT2D eigenvalue weighted by Crippen LogP contribution is 2.38. The number of rotatable bonds is 24. The van der Waals surface area contributed by atoms with Crippen molar-refractivity contribution >= 4 is 17.7 Å². The van der Waals surface area contributed by atoms with Crippen LogP contribution < -0.4 is 16.0 Å². The van der Waals surface area contributed by atoms with E-state index in [1.807, 2.05) is 0 Å². The van der Waals surface area contributed by atoms with Gasteiger partial charge in [0.25, 0.3) is 0 Å². The van der Waals surface area contributed by atoms with Gasteiger partial charge in [-0.1, -0.05) is 0 Å². The van der Waals surface area contributed by atoms with E-state index in [0.29, 0.717) is 0 Å². The van der Waals surface area contributed by atoms with Crippen LogP contribution in [0.4, 0.5) is 0 Å². The Hall–Kier alpha value is -3.07. The average molecular weight is 1420 g/mol. The van der Waals surface area contributed by atoms with E-state index in [1.54, 1.807) is 0 Å². The van der Waals surface area contributed by atoms with Crippen LogP contribution >= 0.6 is 0 Å². The molecular formula is C54H91N3O40. The van der Waals surface area contributed by atoms with Gasteiger partial charge in [0.15, 0.2) is 50.3 Å². The number of hydrogen-bond acceptors (Lipinski definition) is 40. The summed E-state index contributed by atoms with van der Waals surface area (Å²) in [6.45, 7) is -2.76. The van der Waals surface area contributed by atoms with E-state index in [0.717, 1.165) is 20.8 Å². The molecule has 0 spiro atoms. The highest BCUT2D eigenvalue weighted by Gasteiger charge is 2.59. The second-order valence-corrected chi connectivity index (χ2v) is 24.6. The molecule has 8 rings (SSSR count). The van der Waals surface area contributed by atoms with Gasteiger partial charge >= 0.3 is 0 Å². The molecule has 8 aliphatic rings. The van der Waals surface area contributed by atoms with Crippen LogP contribution in [0.15, 0.2) is 0 Å². The first kappa shape index (κ1) is 79.6. The highest BCUT2D eigenvalue weighted by atomic mass is 16.8. The molecule has 8 saturated heterocycles. The lowest BCUT2D eigenvalue weighted by molar-refractivity contribution is -0.389. The molecule has 0 bridgehead atoms. The number of amides is 3. The molecule has 0 radical (unpaired) electrons. The van der Waals surface area contributed by atoms with Crippen molar-refractivity contribution < 1.29 is 198 Å². The largest absolute Gasteiger partial charge is 0.394 e. The van der Waals surface area contributed by atoms with Crippen molar-refractivity contribution in [2.75, 3.05) is 46.2 Å². The molecule has 43 nitrogen and oxygen atoms in total. The van der Waals surface area contributed by atoms with Gasteiger partial charge in [-0.2, -0.15) is 0 Å². The molecule has 40 atom stereocenters. The summed E-state index contributed by atoms with van der Waals surface area (Å²) < 4.78 is 87.6. The third-order valence-electron chi connectivity index (χ3n) is 17.8. The van der Waals surface area contributed by atoms with Crippen molar-refractivity contribution in [1.82, 2.24) is 16.0 Å². The number of hydrogen-bond donors (Lipinski definition) is 25. The molecule has 25 N–H and O–H groups in total. The molecule has 97 heavy (non-hydrogen) atoms. The molecule has 0 saturated carbocycles. The van der Waals surface area contributed by atoms with E-state index in [1.165, 1.54) is 6.92 Å². The molecule has 0 unspecified atom stereocenters. The van der Waals surface area contributed by atoms with Crippen LogP contribution in [0.25, 0.3) is 0 Å². The van der Waals surface area contributed by atoms with Gasteiger partial charge in [-0.05, 0) is 6.92 Å². The van der Waals surface area contributed by atoms with Crippen molar-refractivity contribution in [1.29, 1.82) is 0 Å². The lowest BCUT2D eigenvalue weighted by Crippen LogP contribution is -2.70. The van der Waals surface area contributed by atoms with Crippen molar-refractivity contribution in [2.45, 2.75) is 273 Å². The Morgan fingerprint density at radius 1 is 0.289 bits per heavy atom. The summed E-state index contributed by atoms with van der Waals surface area (Å²) in [7, 11) is 0. The second kappa shape index (κ2) is 34.5.